The molecule has 0 fully saturated rings. The van der Waals surface area contributed by atoms with Crippen molar-refractivity contribution in [2.45, 2.75) is 123 Å². The summed E-state index contributed by atoms with van der Waals surface area (Å²) in [6, 6.07) is 20.2. The Morgan fingerprint density at radius 1 is 0.932 bits per heavy atom. The standard InChI is InChI=1S/C36H55N3O4Si/c1-25(2)32(40)30-24-37-33(38-30)28(21-26-17-13-11-14-18-26)23-31(43-44(9,10)36(6,7)8)29(22-27-19-15-12-16-20-27)39-34(41)42-35(3,4)5/h11-20,24-25,28-29,31-32,40H,21-23H2,1-10H3,(H,37,38)(H,39,41)/t28-,29+,31+,32?/m1/s1. The van der Waals surface area contributed by atoms with E-state index in [1.54, 1.807) is 6.20 Å². The van der Waals surface area contributed by atoms with E-state index in [-0.39, 0.29) is 29.0 Å². The fourth-order valence-electron chi connectivity index (χ4n) is 4.99. The van der Waals surface area contributed by atoms with Crippen molar-refractivity contribution in [3.05, 3.63) is 89.5 Å². The van der Waals surface area contributed by atoms with E-state index in [4.69, 9.17) is 14.1 Å². The maximum Gasteiger partial charge on any atom is 0.407 e. The van der Waals surface area contributed by atoms with Gasteiger partial charge in [-0.2, -0.15) is 0 Å². The van der Waals surface area contributed by atoms with Crippen molar-refractivity contribution in [3.8, 4) is 0 Å². The summed E-state index contributed by atoms with van der Waals surface area (Å²) in [5.41, 5.74) is 2.38. The Morgan fingerprint density at radius 2 is 1.48 bits per heavy atom. The van der Waals surface area contributed by atoms with Crippen LogP contribution < -0.4 is 5.32 Å². The third-order valence-electron chi connectivity index (χ3n) is 8.50. The number of carbonyl (C=O) groups is 1. The average molecular weight is 622 g/mol. The van der Waals surface area contributed by atoms with Crippen molar-refractivity contribution < 1.29 is 19.1 Å². The Hall–Kier alpha value is -2.94. The number of rotatable bonds is 13. The summed E-state index contributed by atoms with van der Waals surface area (Å²) in [5, 5.41) is 14.0. The maximum atomic E-state index is 13.3. The first-order valence-corrected chi connectivity index (χ1v) is 18.8. The number of hydrogen-bond donors (Lipinski definition) is 3. The molecule has 242 valence electrons. The van der Waals surface area contributed by atoms with Crippen LogP contribution in [0.1, 0.15) is 96.5 Å². The molecule has 2 aromatic carbocycles. The van der Waals surface area contributed by atoms with Gasteiger partial charge in [0, 0.05) is 5.92 Å². The normalized spacial score (nSPS) is 15.5. The fraction of sp³-hybridized carbons (Fsp3) is 0.556. The molecule has 0 aliphatic carbocycles. The summed E-state index contributed by atoms with van der Waals surface area (Å²) in [6.07, 6.45) is 2.26. The first-order chi connectivity index (χ1) is 20.4. The van der Waals surface area contributed by atoms with Gasteiger partial charge >= 0.3 is 6.09 Å². The Kier molecular flexibility index (Phi) is 12.0. The highest BCUT2D eigenvalue weighted by Crippen LogP contribution is 2.39. The van der Waals surface area contributed by atoms with E-state index in [2.05, 4.69) is 68.4 Å². The lowest BCUT2D eigenvalue weighted by Crippen LogP contribution is -2.53. The van der Waals surface area contributed by atoms with Gasteiger partial charge < -0.3 is 24.6 Å². The van der Waals surface area contributed by atoms with Gasteiger partial charge in [0.05, 0.1) is 30.1 Å². The lowest BCUT2D eigenvalue weighted by atomic mass is 9.89. The van der Waals surface area contributed by atoms with Gasteiger partial charge in [0.1, 0.15) is 11.4 Å². The number of amides is 1. The molecule has 0 bridgehead atoms. The maximum absolute atomic E-state index is 13.3. The highest BCUT2D eigenvalue weighted by molar-refractivity contribution is 6.74. The number of aromatic nitrogens is 2. The lowest BCUT2D eigenvalue weighted by molar-refractivity contribution is 0.0418. The van der Waals surface area contributed by atoms with Crippen LogP contribution in [0.2, 0.25) is 18.1 Å². The molecule has 1 unspecified atom stereocenters. The van der Waals surface area contributed by atoms with Gasteiger partial charge in [-0.1, -0.05) is 95.3 Å². The number of aromatic amines is 1. The van der Waals surface area contributed by atoms with Gasteiger partial charge in [-0.05, 0) is 75.2 Å². The van der Waals surface area contributed by atoms with E-state index in [0.29, 0.717) is 18.5 Å². The second kappa shape index (κ2) is 14.9. The van der Waals surface area contributed by atoms with Crippen LogP contribution in [0, 0.1) is 5.92 Å². The van der Waals surface area contributed by atoms with Crippen molar-refractivity contribution in [1.82, 2.24) is 15.3 Å². The van der Waals surface area contributed by atoms with Crippen LogP contribution in [-0.4, -0.2) is 47.2 Å². The summed E-state index contributed by atoms with van der Waals surface area (Å²) in [5.74, 6) is 0.806. The Morgan fingerprint density at radius 3 is 1.98 bits per heavy atom. The predicted octanol–water partition coefficient (Wildman–Crippen LogP) is 8.34. The molecule has 3 N–H and O–H groups in total. The van der Waals surface area contributed by atoms with E-state index >= 15 is 0 Å². The number of benzene rings is 2. The van der Waals surface area contributed by atoms with E-state index in [0.717, 1.165) is 17.8 Å². The molecule has 0 aliphatic heterocycles. The number of H-pyrrole nitrogens is 1. The zero-order valence-electron chi connectivity index (χ0n) is 28.5. The number of alkyl carbamates (subject to hydrolysis) is 1. The Bertz CT molecular complexity index is 1300. The number of hydrogen-bond acceptors (Lipinski definition) is 5. The molecule has 0 spiro atoms. The minimum Gasteiger partial charge on any atom is -0.444 e. The van der Waals surface area contributed by atoms with E-state index in [1.807, 2.05) is 71.0 Å². The number of carbonyl (C=O) groups excluding carboxylic acids is 1. The molecule has 3 aromatic rings. The average Bonchev–Trinajstić information content (AvgIpc) is 3.41. The molecular weight excluding hydrogens is 566 g/mol. The van der Waals surface area contributed by atoms with Crippen molar-refractivity contribution in [3.63, 3.8) is 0 Å². The number of ether oxygens (including phenoxy) is 1. The molecule has 3 rings (SSSR count). The molecule has 0 saturated carbocycles. The number of nitrogens with zero attached hydrogens (tertiary/aromatic N) is 1. The SMILES string of the molecule is CC(C)C(O)c1cnc([C@H](Cc2ccccc2)C[C@H](O[Si](C)(C)C(C)(C)C)[C@H](Cc2ccccc2)NC(=O)OC(C)(C)C)[nH]1. The molecule has 0 radical (unpaired) electrons. The van der Waals surface area contributed by atoms with Gasteiger partial charge in [-0.25, -0.2) is 9.78 Å². The first-order valence-electron chi connectivity index (χ1n) is 15.9. The molecule has 1 aromatic heterocycles. The van der Waals surface area contributed by atoms with Crippen LogP contribution in [0.5, 0.6) is 0 Å². The van der Waals surface area contributed by atoms with Gasteiger partial charge in [0.25, 0.3) is 0 Å². The van der Waals surface area contributed by atoms with Gasteiger partial charge in [0.15, 0.2) is 8.32 Å². The van der Waals surface area contributed by atoms with Crippen molar-refractivity contribution in [1.29, 1.82) is 0 Å². The highest BCUT2D eigenvalue weighted by Gasteiger charge is 2.42. The number of imidazole rings is 1. The fourth-order valence-corrected chi connectivity index (χ4v) is 6.36. The van der Waals surface area contributed by atoms with Crippen LogP contribution in [0.3, 0.4) is 0 Å². The number of aliphatic hydroxyl groups excluding tert-OH is 1. The van der Waals surface area contributed by atoms with Crippen LogP contribution >= 0.6 is 0 Å². The third kappa shape index (κ3) is 10.6. The van der Waals surface area contributed by atoms with Gasteiger partial charge in [-0.15, -0.1) is 0 Å². The Labute approximate surface area is 266 Å². The molecule has 4 atom stereocenters. The first kappa shape index (κ1) is 35.5. The van der Waals surface area contributed by atoms with Crippen molar-refractivity contribution in [2.75, 3.05) is 0 Å². The quantitative estimate of drug-likeness (QED) is 0.167. The summed E-state index contributed by atoms with van der Waals surface area (Å²) in [4.78, 5) is 21.5. The predicted molar refractivity (Wildman–Crippen MR) is 181 cm³/mol. The van der Waals surface area contributed by atoms with Crippen LogP contribution in [0.25, 0.3) is 0 Å². The van der Waals surface area contributed by atoms with Gasteiger partial charge in [0.2, 0.25) is 0 Å². The van der Waals surface area contributed by atoms with Crippen molar-refractivity contribution in [2.24, 2.45) is 5.92 Å². The smallest absolute Gasteiger partial charge is 0.407 e. The van der Waals surface area contributed by atoms with Crippen LogP contribution in [0.15, 0.2) is 66.9 Å². The topological polar surface area (TPSA) is 96.5 Å². The molecule has 44 heavy (non-hydrogen) atoms. The molecule has 1 amide bonds. The van der Waals surface area contributed by atoms with E-state index in [1.165, 1.54) is 5.56 Å². The molecular formula is C36H55N3O4Si. The molecule has 8 heteroatoms. The van der Waals surface area contributed by atoms with Crippen molar-refractivity contribution >= 4 is 14.4 Å². The Balaban J connectivity index is 2.09. The van der Waals surface area contributed by atoms with Crippen LogP contribution in [0.4, 0.5) is 4.79 Å². The zero-order valence-corrected chi connectivity index (χ0v) is 29.5. The molecule has 7 nitrogen and oxygen atoms in total. The minimum absolute atomic E-state index is 0.0391. The monoisotopic (exact) mass is 621 g/mol. The van der Waals surface area contributed by atoms with Crippen LogP contribution in [-0.2, 0) is 22.0 Å². The van der Waals surface area contributed by atoms with E-state index < -0.39 is 26.1 Å². The summed E-state index contributed by atoms with van der Waals surface area (Å²) in [7, 11) is -2.30. The second-order valence-electron chi connectivity index (χ2n) is 14.9. The largest absolute Gasteiger partial charge is 0.444 e. The molecule has 0 aliphatic rings. The summed E-state index contributed by atoms with van der Waals surface area (Å²) >= 11 is 0. The zero-order chi connectivity index (χ0) is 32.7. The number of nitrogens with one attached hydrogen (secondary N) is 2. The van der Waals surface area contributed by atoms with Gasteiger partial charge in [-0.3, -0.25) is 0 Å². The number of aliphatic hydroxyl groups is 1. The summed E-state index contributed by atoms with van der Waals surface area (Å²) in [6.45, 7) is 20.8. The third-order valence-corrected chi connectivity index (χ3v) is 13.0. The van der Waals surface area contributed by atoms with E-state index in [9.17, 15) is 9.90 Å². The molecule has 1 heterocycles. The lowest BCUT2D eigenvalue weighted by Gasteiger charge is -2.42. The minimum atomic E-state index is -2.30. The second-order valence-corrected chi connectivity index (χ2v) is 19.7. The molecule has 0 saturated heterocycles. The summed E-state index contributed by atoms with van der Waals surface area (Å²) < 4.78 is 13.0. The highest BCUT2D eigenvalue weighted by atomic mass is 28.4.